The predicted octanol–water partition coefficient (Wildman–Crippen LogP) is 2.96. The Morgan fingerprint density at radius 2 is 1.79 bits per heavy atom. The van der Waals surface area contributed by atoms with Gasteiger partial charge >= 0.3 is 11.9 Å². The fraction of sp³-hybridized carbons (Fsp3) is 0.0556. The van der Waals surface area contributed by atoms with Crippen LogP contribution in [0.4, 0.5) is 4.39 Å². The Morgan fingerprint density at radius 3 is 2.42 bits per heavy atom. The van der Waals surface area contributed by atoms with Crippen molar-refractivity contribution in [3.8, 4) is 0 Å². The van der Waals surface area contributed by atoms with Gasteiger partial charge in [-0.05, 0) is 48.0 Å². The van der Waals surface area contributed by atoms with Crippen molar-refractivity contribution in [2.45, 2.75) is 0 Å². The molecule has 0 unspecified atom stereocenters. The van der Waals surface area contributed by atoms with Crippen LogP contribution >= 0.6 is 0 Å². The third-order valence-electron chi connectivity index (χ3n) is 3.35. The molecule has 0 spiro atoms. The van der Waals surface area contributed by atoms with Crippen molar-refractivity contribution in [1.82, 2.24) is 0 Å². The highest BCUT2D eigenvalue weighted by molar-refractivity contribution is 6.12. The molecule has 0 N–H and O–H groups in total. The Bertz CT molecular complexity index is 852. The summed E-state index contributed by atoms with van der Waals surface area (Å²) in [6, 6.07) is 12.0. The van der Waals surface area contributed by atoms with Crippen molar-refractivity contribution in [2.75, 3.05) is 7.11 Å². The molecule has 0 saturated carbocycles. The minimum Gasteiger partial charge on any atom is -0.465 e. The first-order valence-electron chi connectivity index (χ1n) is 7.04. The van der Waals surface area contributed by atoms with Gasteiger partial charge in [-0.1, -0.05) is 12.1 Å². The van der Waals surface area contributed by atoms with Gasteiger partial charge in [0, 0.05) is 5.56 Å². The van der Waals surface area contributed by atoms with Crippen molar-refractivity contribution in [3.63, 3.8) is 0 Å². The molecule has 0 saturated heterocycles. The highest BCUT2D eigenvalue weighted by Crippen LogP contribution is 2.19. The number of carbonyl (C=O) groups is 2. The van der Waals surface area contributed by atoms with Crippen molar-refractivity contribution in [3.05, 3.63) is 76.7 Å². The topological polar surface area (TPSA) is 65.0 Å². The summed E-state index contributed by atoms with van der Waals surface area (Å²) >= 11 is 0. The zero-order valence-corrected chi connectivity index (χ0v) is 12.7. The third kappa shape index (κ3) is 3.22. The van der Waals surface area contributed by atoms with E-state index in [0.717, 1.165) is 0 Å². The molecular formula is C18H12FNO4. The number of carbonyl (C=O) groups excluding carboxylic acids is 2. The van der Waals surface area contributed by atoms with Crippen molar-refractivity contribution >= 4 is 23.9 Å². The zero-order valence-electron chi connectivity index (χ0n) is 12.7. The molecule has 0 fully saturated rings. The molecule has 120 valence electrons. The Morgan fingerprint density at radius 1 is 1.12 bits per heavy atom. The molecule has 0 aliphatic carbocycles. The number of nitrogens with zero attached hydrogens (tertiary/aromatic N) is 1. The van der Waals surface area contributed by atoms with E-state index in [2.05, 4.69) is 9.73 Å². The number of methoxy groups -OCH3 is 1. The SMILES string of the molecule is COC(=O)c1ccc(C=C2N=C(c3ccc(F)cc3)OC2=O)cc1. The predicted molar refractivity (Wildman–Crippen MR) is 84.8 cm³/mol. The van der Waals surface area contributed by atoms with Crippen LogP contribution in [0.3, 0.4) is 0 Å². The lowest BCUT2D eigenvalue weighted by atomic mass is 10.1. The molecule has 0 atom stereocenters. The van der Waals surface area contributed by atoms with Crippen LogP contribution in [-0.4, -0.2) is 24.9 Å². The van der Waals surface area contributed by atoms with Gasteiger partial charge < -0.3 is 9.47 Å². The molecule has 2 aromatic carbocycles. The standard InChI is InChI=1S/C18H12FNO4/c1-23-17(21)13-4-2-11(3-5-13)10-15-18(22)24-16(20-15)12-6-8-14(19)9-7-12/h2-10H,1H3. The number of hydrogen-bond acceptors (Lipinski definition) is 5. The van der Waals surface area contributed by atoms with E-state index in [0.29, 0.717) is 16.7 Å². The minimum absolute atomic E-state index is 0.123. The summed E-state index contributed by atoms with van der Waals surface area (Å²) in [5, 5.41) is 0. The Balaban J connectivity index is 1.85. The number of halogens is 1. The Hall–Kier alpha value is -3.28. The van der Waals surface area contributed by atoms with E-state index < -0.39 is 11.9 Å². The van der Waals surface area contributed by atoms with Crippen LogP contribution in [0.25, 0.3) is 6.08 Å². The van der Waals surface area contributed by atoms with Gasteiger partial charge in [-0.15, -0.1) is 0 Å². The van der Waals surface area contributed by atoms with Crippen molar-refractivity contribution in [1.29, 1.82) is 0 Å². The minimum atomic E-state index is -0.591. The first kappa shape index (κ1) is 15.6. The molecule has 1 aliphatic heterocycles. The lowest BCUT2D eigenvalue weighted by Gasteiger charge is -1.99. The number of cyclic esters (lactones) is 1. The molecule has 0 radical (unpaired) electrons. The van der Waals surface area contributed by atoms with E-state index in [-0.39, 0.29) is 17.4 Å². The van der Waals surface area contributed by atoms with Crippen LogP contribution in [0.5, 0.6) is 0 Å². The summed E-state index contributed by atoms with van der Waals surface area (Å²) in [7, 11) is 1.30. The second-order valence-electron chi connectivity index (χ2n) is 4.96. The van der Waals surface area contributed by atoms with E-state index in [1.165, 1.54) is 31.4 Å². The number of benzene rings is 2. The van der Waals surface area contributed by atoms with Gasteiger partial charge in [0.2, 0.25) is 5.90 Å². The van der Waals surface area contributed by atoms with Crippen LogP contribution in [0.1, 0.15) is 21.5 Å². The lowest BCUT2D eigenvalue weighted by molar-refractivity contribution is -0.129. The largest absolute Gasteiger partial charge is 0.465 e. The molecule has 0 amide bonds. The normalized spacial score (nSPS) is 15.2. The average molecular weight is 325 g/mol. The Labute approximate surface area is 137 Å². The summed E-state index contributed by atoms with van der Waals surface area (Å²) in [6.07, 6.45) is 1.54. The van der Waals surface area contributed by atoms with Crippen LogP contribution in [0.15, 0.2) is 59.2 Å². The number of aliphatic imine (C=N–C) groups is 1. The molecule has 1 aliphatic rings. The maximum absolute atomic E-state index is 12.9. The fourth-order valence-electron chi connectivity index (χ4n) is 2.12. The first-order chi connectivity index (χ1) is 11.6. The summed E-state index contributed by atoms with van der Waals surface area (Å²) in [5.74, 6) is -1.29. The van der Waals surface area contributed by atoms with Gasteiger partial charge in [-0.25, -0.2) is 19.0 Å². The highest BCUT2D eigenvalue weighted by atomic mass is 19.1. The van der Waals surface area contributed by atoms with Crippen LogP contribution in [0, 0.1) is 5.82 Å². The molecule has 2 aromatic rings. The maximum Gasteiger partial charge on any atom is 0.363 e. The number of esters is 2. The van der Waals surface area contributed by atoms with Crippen molar-refractivity contribution in [2.24, 2.45) is 4.99 Å². The van der Waals surface area contributed by atoms with Gasteiger partial charge in [0.05, 0.1) is 12.7 Å². The van der Waals surface area contributed by atoms with Gasteiger partial charge in [-0.3, -0.25) is 0 Å². The molecule has 0 bridgehead atoms. The van der Waals surface area contributed by atoms with Crippen LogP contribution in [-0.2, 0) is 14.3 Å². The molecule has 1 heterocycles. The molecule has 5 nitrogen and oxygen atoms in total. The van der Waals surface area contributed by atoms with Gasteiger partial charge in [-0.2, -0.15) is 0 Å². The van der Waals surface area contributed by atoms with E-state index in [9.17, 15) is 14.0 Å². The van der Waals surface area contributed by atoms with E-state index in [1.54, 1.807) is 30.3 Å². The quantitative estimate of drug-likeness (QED) is 0.643. The number of hydrogen-bond donors (Lipinski definition) is 0. The molecule has 0 aromatic heterocycles. The first-order valence-corrected chi connectivity index (χ1v) is 7.04. The second kappa shape index (κ2) is 6.45. The van der Waals surface area contributed by atoms with Crippen LogP contribution in [0.2, 0.25) is 0 Å². The lowest BCUT2D eigenvalue weighted by Crippen LogP contribution is -2.05. The summed E-state index contributed by atoms with van der Waals surface area (Å²) in [4.78, 5) is 27.4. The second-order valence-corrected chi connectivity index (χ2v) is 4.96. The summed E-state index contributed by atoms with van der Waals surface area (Å²) in [6.45, 7) is 0. The molecule has 24 heavy (non-hydrogen) atoms. The Kier molecular flexibility index (Phi) is 4.20. The van der Waals surface area contributed by atoms with Crippen molar-refractivity contribution < 1.29 is 23.5 Å². The van der Waals surface area contributed by atoms with Gasteiger partial charge in [0.15, 0.2) is 5.70 Å². The molecule has 6 heteroatoms. The number of rotatable bonds is 3. The highest BCUT2D eigenvalue weighted by Gasteiger charge is 2.24. The van der Waals surface area contributed by atoms with E-state index in [1.807, 2.05) is 0 Å². The number of ether oxygens (including phenoxy) is 2. The monoisotopic (exact) mass is 325 g/mol. The molecular weight excluding hydrogens is 313 g/mol. The zero-order chi connectivity index (χ0) is 17.1. The average Bonchev–Trinajstić information content (AvgIpc) is 2.96. The summed E-state index contributed by atoms with van der Waals surface area (Å²) < 4.78 is 22.7. The van der Waals surface area contributed by atoms with Gasteiger partial charge in [0.25, 0.3) is 0 Å². The van der Waals surface area contributed by atoms with E-state index in [4.69, 9.17) is 4.74 Å². The molecule has 3 rings (SSSR count). The maximum atomic E-state index is 12.9. The van der Waals surface area contributed by atoms with E-state index >= 15 is 0 Å². The summed E-state index contributed by atoms with van der Waals surface area (Å²) in [5.41, 5.74) is 1.72. The smallest absolute Gasteiger partial charge is 0.363 e. The van der Waals surface area contributed by atoms with Gasteiger partial charge in [0.1, 0.15) is 5.82 Å². The van der Waals surface area contributed by atoms with Crippen LogP contribution < -0.4 is 0 Å². The third-order valence-corrected chi connectivity index (χ3v) is 3.35. The fourth-order valence-corrected chi connectivity index (χ4v) is 2.12.